The molecule has 0 aliphatic carbocycles. The summed E-state index contributed by atoms with van der Waals surface area (Å²) in [4.78, 5) is 2.74. The first-order chi connectivity index (χ1) is 6.83. The van der Waals surface area contributed by atoms with Crippen molar-refractivity contribution in [1.82, 2.24) is 9.78 Å². The van der Waals surface area contributed by atoms with E-state index in [0.29, 0.717) is 6.54 Å². The van der Waals surface area contributed by atoms with Crippen LogP contribution in [0.5, 0.6) is 0 Å². The predicted molar refractivity (Wildman–Crippen MR) is 53.6 cm³/mol. The van der Waals surface area contributed by atoms with Crippen LogP contribution in [-0.4, -0.2) is 9.78 Å². The Balaban J connectivity index is 2.61. The van der Waals surface area contributed by atoms with Crippen LogP contribution in [-0.2, 0) is 13.6 Å². The van der Waals surface area contributed by atoms with E-state index in [1.165, 1.54) is 0 Å². The fourth-order valence-corrected chi connectivity index (χ4v) is 1.49. The third kappa shape index (κ3) is 1.30. The molecule has 0 saturated heterocycles. The third-order valence-electron chi connectivity index (χ3n) is 2.15. The fourth-order valence-electron chi connectivity index (χ4n) is 1.49. The highest BCUT2D eigenvalue weighted by atomic mass is 15.3. The standard InChI is InChI=1S/C9H9N5/c1-14-9(6-11-13-10)7-4-2-3-5-8(7)12-14/h2-5H,6H2,1H3. The van der Waals surface area contributed by atoms with Crippen LogP contribution in [0.3, 0.4) is 0 Å². The van der Waals surface area contributed by atoms with Gasteiger partial charge in [0.2, 0.25) is 0 Å². The van der Waals surface area contributed by atoms with Crippen molar-refractivity contribution in [3.05, 3.63) is 40.4 Å². The maximum Gasteiger partial charge on any atom is 0.0926 e. The van der Waals surface area contributed by atoms with Gasteiger partial charge in [0.15, 0.2) is 0 Å². The molecule has 14 heavy (non-hydrogen) atoms. The highest BCUT2D eigenvalue weighted by Gasteiger charge is 2.05. The van der Waals surface area contributed by atoms with Crippen LogP contribution >= 0.6 is 0 Å². The van der Waals surface area contributed by atoms with Gasteiger partial charge >= 0.3 is 0 Å². The highest BCUT2D eigenvalue weighted by Crippen LogP contribution is 2.17. The molecule has 5 nitrogen and oxygen atoms in total. The van der Waals surface area contributed by atoms with Crippen molar-refractivity contribution in [3.8, 4) is 0 Å². The molecule has 0 aliphatic heterocycles. The molecule has 0 atom stereocenters. The van der Waals surface area contributed by atoms with Gasteiger partial charge in [-0.25, -0.2) is 0 Å². The van der Waals surface area contributed by atoms with Crippen LogP contribution in [0.2, 0.25) is 0 Å². The molecule has 0 N–H and O–H groups in total. The maximum absolute atomic E-state index is 8.26. The number of nitrogens with zero attached hydrogens (tertiary/aromatic N) is 5. The number of rotatable bonds is 2. The Morgan fingerprint density at radius 1 is 1.50 bits per heavy atom. The van der Waals surface area contributed by atoms with Crippen LogP contribution < -0.4 is 0 Å². The van der Waals surface area contributed by atoms with Crippen molar-refractivity contribution in [2.75, 3.05) is 0 Å². The average molecular weight is 187 g/mol. The Kier molecular flexibility index (Phi) is 2.08. The summed E-state index contributed by atoms with van der Waals surface area (Å²) in [6.45, 7) is 0.341. The second kappa shape index (κ2) is 3.40. The molecule has 0 unspecified atom stereocenters. The van der Waals surface area contributed by atoms with Crippen LogP contribution in [0.1, 0.15) is 5.69 Å². The van der Waals surface area contributed by atoms with E-state index in [2.05, 4.69) is 15.1 Å². The van der Waals surface area contributed by atoms with Crippen molar-refractivity contribution in [3.63, 3.8) is 0 Å². The molecule has 0 aliphatic rings. The molecule has 0 fully saturated rings. The summed E-state index contributed by atoms with van der Waals surface area (Å²) in [7, 11) is 1.85. The lowest BCUT2D eigenvalue weighted by Gasteiger charge is -1.95. The van der Waals surface area contributed by atoms with E-state index < -0.39 is 0 Å². The van der Waals surface area contributed by atoms with Crippen molar-refractivity contribution < 1.29 is 0 Å². The van der Waals surface area contributed by atoms with Crippen molar-refractivity contribution in [1.29, 1.82) is 0 Å². The van der Waals surface area contributed by atoms with Crippen LogP contribution in [0, 0.1) is 0 Å². The fraction of sp³-hybridized carbons (Fsp3) is 0.222. The lowest BCUT2D eigenvalue weighted by Crippen LogP contribution is -1.96. The van der Waals surface area contributed by atoms with Gasteiger partial charge in [0.25, 0.3) is 0 Å². The van der Waals surface area contributed by atoms with Crippen molar-refractivity contribution >= 4 is 10.9 Å². The largest absolute Gasteiger partial charge is 0.271 e. The second-order valence-electron chi connectivity index (χ2n) is 2.98. The van der Waals surface area contributed by atoms with E-state index in [4.69, 9.17) is 5.53 Å². The van der Waals surface area contributed by atoms with E-state index in [1.54, 1.807) is 4.68 Å². The summed E-state index contributed by atoms with van der Waals surface area (Å²) in [6, 6.07) is 7.80. The third-order valence-corrected chi connectivity index (χ3v) is 2.15. The van der Waals surface area contributed by atoms with Crippen LogP contribution in [0.4, 0.5) is 0 Å². The summed E-state index contributed by atoms with van der Waals surface area (Å²) >= 11 is 0. The predicted octanol–water partition coefficient (Wildman–Crippen LogP) is 2.38. The molecule has 1 aromatic carbocycles. The summed E-state index contributed by atoms with van der Waals surface area (Å²) in [5, 5.41) is 8.89. The first kappa shape index (κ1) is 8.59. The van der Waals surface area contributed by atoms with Gasteiger partial charge in [-0.15, -0.1) is 0 Å². The molecule has 1 heterocycles. The zero-order valence-corrected chi connectivity index (χ0v) is 7.75. The number of aromatic nitrogens is 2. The van der Waals surface area contributed by atoms with E-state index >= 15 is 0 Å². The van der Waals surface area contributed by atoms with Crippen molar-refractivity contribution in [2.45, 2.75) is 6.54 Å². The van der Waals surface area contributed by atoms with Gasteiger partial charge in [0.1, 0.15) is 0 Å². The number of aryl methyl sites for hydroxylation is 1. The van der Waals surface area contributed by atoms with Gasteiger partial charge < -0.3 is 0 Å². The molecule has 0 radical (unpaired) electrons. The Morgan fingerprint density at radius 2 is 2.29 bits per heavy atom. The van der Waals surface area contributed by atoms with E-state index in [9.17, 15) is 0 Å². The first-order valence-corrected chi connectivity index (χ1v) is 4.24. The second-order valence-corrected chi connectivity index (χ2v) is 2.98. The van der Waals surface area contributed by atoms with Gasteiger partial charge in [0, 0.05) is 17.3 Å². The lowest BCUT2D eigenvalue weighted by molar-refractivity contribution is 0.720. The summed E-state index contributed by atoms with van der Waals surface area (Å²) in [5.74, 6) is 0. The number of hydrogen-bond acceptors (Lipinski definition) is 2. The first-order valence-electron chi connectivity index (χ1n) is 4.24. The Hall–Kier alpha value is -2.00. The minimum absolute atomic E-state index is 0.341. The molecule has 0 saturated carbocycles. The highest BCUT2D eigenvalue weighted by molar-refractivity contribution is 5.81. The zero-order valence-electron chi connectivity index (χ0n) is 7.75. The van der Waals surface area contributed by atoms with Crippen LogP contribution in [0.25, 0.3) is 21.3 Å². The smallest absolute Gasteiger partial charge is 0.0926 e. The SMILES string of the molecule is Cn1nc2ccccc2c1CN=[N+]=[N-]. The van der Waals surface area contributed by atoms with Gasteiger partial charge in [0.05, 0.1) is 17.8 Å². The summed E-state index contributed by atoms with van der Waals surface area (Å²) in [6.07, 6.45) is 0. The van der Waals surface area contributed by atoms with E-state index in [0.717, 1.165) is 16.6 Å². The summed E-state index contributed by atoms with van der Waals surface area (Å²) < 4.78 is 1.75. The van der Waals surface area contributed by atoms with Gasteiger partial charge in [-0.3, -0.25) is 4.68 Å². The van der Waals surface area contributed by atoms with Crippen molar-refractivity contribution in [2.24, 2.45) is 12.2 Å². The van der Waals surface area contributed by atoms with Gasteiger partial charge in [-0.2, -0.15) is 5.10 Å². The van der Waals surface area contributed by atoms with E-state index in [1.807, 2.05) is 31.3 Å². The quantitative estimate of drug-likeness (QED) is 0.404. The molecule has 70 valence electrons. The molecular formula is C9H9N5. The Labute approximate surface area is 80.6 Å². The number of benzene rings is 1. The molecular weight excluding hydrogens is 178 g/mol. The topological polar surface area (TPSA) is 66.6 Å². The Bertz CT molecular complexity index is 507. The number of hydrogen-bond donors (Lipinski definition) is 0. The lowest BCUT2D eigenvalue weighted by atomic mass is 10.2. The maximum atomic E-state index is 8.26. The van der Waals surface area contributed by atoms with E-state index in [-0.39, 0.29) is 0 Å². The average Bonchev–Trinajstić information content (AvgIpc) is 2.51. The van der Waals surface area contributed by atoms with Crippen LogP contribution in [0.15, 0.2) is 29.4 Å². The molecule has 0 amide bonds. The minimum atomic E-state index is 0.341. The zero-order chi connectivity index (χ0) is 9.97. The molecule has 1 aromatic heterocycles. The molecule has 2 aromatic rings. The normalized spacial score (nSPS) is 10.1. The van der Waals surface area contributed by atoms with Gasteiger partial charge in [-0.1, -0.05) is 23.3 Å². The number of fused-ring (bicyclic) bond motifs is 1. The molecule has 5 heteroatoms. The summed E-state index contributed by atoms with van der Waals surface area (Å²) in [5.41, 5.74) is 10.1. The molecule has 2 rings (SSSR count). The molecule has 0 bridgehead atoms. The Morgan fingerprint density at radius 3 is 3.07 bits per heavy atom. The molecule has 0 spiro atoms. The number of azide groups is 1. The van der Waals surface area contributed by atoms with Gasteiger partial charge in [-0.05, 0) is 11.6 Å². The minimum Gasteiger partial charge on any atom is -0.271 e. The monoisotopic (exact) mass is 187 g/mol.